The number of rotatable bonds is 3. The van der Waals surface area contributed by atoms with Gasteiger partial charge >= 0.3 is 0 Å². The van der Waals surface area contributed by atoms with E-state index in [0.717, 1.165) is 35.6 Å². The van der Waals surface area contributed by atoms with Crippen LogP contribution in [0.2, 0.25) is 0 Å². The zero-order valence-corrected chi connectivity index (χ0v) is 16.3. The molecule has 0 spiro atoms. The van der Waals surface area contributed by atoms with E-state index in [-0.39, 0.29) is 6.04 Å². The lowest BCUT2D eigenvalue weighted by atomic mass is 9.99. The van der Waals surface area contributed by atoms with Crippen LogP contribution in [0.25, 0.3) is 15.8 Å². The Labute approximate surface area is 158 Å². The number of nitrogens with two attached hydrogens (primary N) is 1. The lowest BCUT2D eigenvalue weighted by molar-refractivity contribution is 0.225. The summed E-state index contributed by atoms with van der Waals surface area (Å²) in [4.78, 5) is 14.2. The van der Waals surface area contributed by atoms with Gasteiger partial charge in [0.25, 0.3) is 0 Å². The van der Waals surface area contributed by atoms with Crippen LogP contribution in [0.4, 0.5) is 5.82 Å². The molecule has 1 aromatic carbocycles. The minimum atomic E-state index is 0.151. The molecule has 26 heavy (non-hydrogen) atoms. The van der Waals surface area contributed by atoms with E-state index >= 15 is 0 Å². The van der Waals surface area contributed by atoms with Crippen LogP contribution < -0.4 is 5.73 Å². The van der Waals surface area contributed by atoms with Crippen LogP contribution in [0, 0.1) is 13.8 Å². The number of fused-ring (bicyclic) bond motifs is 1. The lowest BCUT2D eigenvalue weighted by Gasteiger charge is -2.31. The number of aryl methyl sites for hydroxylation is 2. The number of aromatic nitrogens is 2. The van der Waals surface area contributed by atoms with Gasteiger partial charge < -0.3 is 5.73 Å². The Hall–Kier alpha value is -2.24. The van der Waals surface area contributed by atoms with Crippen molar-refractivity contribution in [2.75, 3.05) is 18.8 Å². The number of benzene rings is 1. The van der Waals surface area contributed by atoms with Gasteiger partial charge in [-0.15, -0.1) is 11.3 Å². The van der Waals surface area contributed by atoms with Gasteiger partial charge in [0.2, 0.25) is 0 Å². The SMILES string of the molecule is Cc1sc2nc(C(C)N3CC=C(c4ccccc4)CC3)nc(N)c2c1C. The van der Waals surface area contributed by atoms with Gasteiger partial charge in [-0.05, 0) is 43.9 Å². The van der Waals surface area contributed by atoms with Crippen LogP contribution in [0.5, 0.6) is 0 Å². The zero-order chi connectivity index (χ0) is 18.3. The molecule has 0 aliphatic carbocycles. The third-order valence-electron chi connectivity index (χ3n) is 5.38. The highest BCUT2D eigenvalue weighted by molar-refractivity contribution is 7.18. The summed E-state index contributed by atoms with van der Waals surface area (Å²) < 4.78 is 0. The molecule has 0 fully saturated rings. The summed E-state index contributed by atoms with van der Waals surface area (Å²) in [5.41, 5.74) is 10.2. The first-order valence-electron chi connectivity index (χ1n) is 9.06. The van der Waals surface area contributed by atoms with E-state index in [9.17, 15) is 0 Å². The molecule has 3 aromatic rings. The first-order valence-corrected chi connectivity index (χ1v) is 9.88. The second kappa shape index (κ2) is 6.82. The Kier molecular flexibility index (Phi) is 4.51. The van der Waals surface area contributed by atoms with Gasteiger partial charge in [0.05, 0.1) is 11.4 Å². The fourth-order valence-electron chi connectivity index (χ4n) is 3.60. The van der Waals surface area contributed by atoms with Crippen molar-refractivity contribution in [2.45, 2.75) is 33.2 Å². The van der Waals surface area contributed by atoms with Crippen LogP contribution >= 0.6 is 11.3 Å². The Bertz CT molecular complexity index is 975. The summed E-state index contributed by atoms with van der Waals surface area (Å²) in [5.74, 6) is 1.43. The van der Waals surface area contributed by atoms with E-state index in [1.165, 1.54) is 21.6 Å². The molecule has 1 atom stereocenters. The average Bonchev–Trinajstić information content (AvgIpc) is 2.96. The first kappa shape index (κ1) is 17.2. The summed E-state index contributed by atoms with van der Waals surface area (Å²) in [6, 6.07) is 10.8. The predicted molar refractivity (Wildman–Crippen MR) is 110 cm³/mol. The summed E-state index contributed by atoms with van der Waals surface area (Å²) in [7, 11) is 0. The highest BCUT2D eigenvalue weighted by Gasteiger charge is 2.23. The Morgan fingerprint density at radius 2 is 1.92 bits per heavy atom. The van der Waals surface area contributed by atoms with Crippen LogP contribution in [0.1, 0.15) is 41.2 Å². The second-order valence-corrected chi connectivity index (χ2v) is 8.15. The number of hydrogen-bond acceptors (Lipinski definition) is 5. The van der Waals surface area contributed by atoms with E-state index in [1.807, 2.05) is 0 Å². The molecular weight excluding hydrogens is 340 g/mol. The minimum absolute atomic E-state index is 0.151. The number of anilines is 1. The van der Waals surface area contributed by atoms with Gasteiger partial charge in [-0.1, -0.05) is 36.4 Å². The molecule has 0 saturated carbocycles. The normalized spacial score (nSPS) is 16.7. The molecule has 1 aliphatic heterocycles. The number of nitrogens with zero attached hydrogens (tertiary/aromatic N) is 3. The van der Waals surface area contributed by atoms with Crippen LogP contribution in [0.3, 0.4) is 0 Å². The molecule has 1 aliphatic rings. The van der Waals surface area contributed by atoms with Gasteiger partial charge in [-0.2, -0.15) is 0 Å². The maximum Gasteiger partial charge on any atom is 0.149 e. The maximum absolute atomic E-state index is 6.26. The molecular formula is C21H24N4S. The van der Waals surface area contributed by atoms with Crippen molar-refractivity contribution >= 4 is 32.9 Å². The third-order valence-corrected chi connectivity index (χ3v) is 6.48. The monoisotopic (exact) mass is 364 g/mol. The predicted octanol–water partition coefficient (Wildman–Crippen LogP) is 4.74. The van der Waals surface area contributed by atoms with Crippen molar-refractivity contribution in [2.24, 2.45) is 0 Å². The Morgan fingerprint density at radius 1 is 1.15 bits per heavy atom. The topological polar surface area (TPSA) is 55.0 Å². The molecule has 2 N–H and O–H groups in total. The molecule has 0 saturated heterocycles. The van der Waals surface area contributed by atoms with Crippen LogP contribution in [-0.2, 0) is 0 Å². The van der Waals surface area contributed by atoms with E-state index in [2.05, 4.69) is 67.1 Å². The first-order chi connectivity index (χ1) is 12.5. The molecule has 1 unspecified atom stereocenters. The Morgan fingerprint density at radius 3 is 2.62 bits per heavy atom. The highest BCUT2D eigenvalue weighted by atomic mass is 32.1. The molecule has 4 nitrogen and oxygen atoms in total. The molecule has 3 heterocycles. The molecule has 0 radical (unpaired) electrons. The van der Waals surface area contributed by atoms with Gasteiger partial charge in [0.15, 0.2) is 0 Å². The molecule has 134 valence electrons. The largest absolute Gasteiger partial charge is 0.383 e. The van der Waals surface area contributed by atoms with Gasteiger partial charge in [-0.3, -0.25) is 4.90 Å². The highest BCUT2D eigenvalue weighted by Crippen LogP contribution is 2.34. The fraction of sp³-hybridized carbons (Fsp3) is 0.333. The molecule has 4 rings (SSSR count). The van der Waals surface area contributed by atoms with Crippen LogP contribution in [0.15, 0.2) is 36.4 Å². The minimum Gasteiger partial charge on any atom is -0.383 e. The van der Waals surface area contributed by atoms with Crippen molar-refractivity contribution < 1.29 is 0 Å². The van der Waals surface area contributed by atoms with Gasteiger partial charge in [0.1, 0.15) is 16.5 Å². The number of hydrogen-bond donors (Lipinski definition) is 1. The molecule has 0 bridgehead atoms. The van der Waals surface area contributed by atoms with Crippen molar-refractivity contribution in [1.82, 2.24) is 14.9 Å². The number of nitrogen functional groups attached to an aromatic ring is 1. The molecule has 2 aromatic heterocycles. The van der Waals surface area contributed by atoms with Gasteiger partial charge in [0, 0.05) is 18.0 Å². The molecule has 0 amide bonds. The quantitative estimate of drug-likeness (QED) is 0.729. The fourth-order valence-corrected chi connectivity index (χ4v) is 4.64. The maximum atomic E-state index is 6.26. The zero-order valence-electron chi connectivity index (χ0n) is 15.5. The standard InChI is InChI=1S/C21H24N4S/c1-13-15(3)26-21-18(13)19(22)23-20(24-21)14(2)25-11-9-17(10-12-25)16-7-5-4-6-8-16/h4-9,14H,10-12H2,1-3H3,(H2,22,23,24). The van der Waals surface area contributed by atoms with E-state index in [1.54, 1.807) is 11.3 Å². The lowest BCUT2D eigenvalue weighted by Crippen LogP contribution is -2.32. The van der Waals surface area contributed by atoms with E-state index in [4.69, 9.17) is 10.7 Å². The smallest absolute Gasteiger partial charge is 0.149 e. The average molecular weight is 365 g/mol. The van der Waals surface area contributed by atoms with E-state index in [0.29, 0.717) is 5.82 Å². The summed E-state index contributed by atoms with van der Waals surface area (Å²) >= 11 is 1.71. The van der Waals surface area contributed by atoms with Gasteiger partial charge in [-0.25, -0.2) is 9.97 Å². The van der Waals surface area contributed by atoms with Crippen molar-refractivity contribution in [3.8, 4) is 0 Å². The third kappa shape index (κ3) is 3.02. The second-order valence-electron chi connectivity index (χ2n) is 6.95. The van der Waals surface area contributed by atoms with Crippen molar-refractivity contribution in [3.05, 3.63) is 58.2 Å². The number of thiophene rings is 1. The van der Waals surface area contributed by atoms with Crippen molar-refractivity contribution in [1.29, 1.82) is 0 Å². The van der Waals surface area contributed by atoms with E-state index < -0.39 is 0 Å². The van der Waals surface area contributed by atoms with Crippen molar-refractivity contribution in [3.63, 3.8) is 0 Å². The summed E-state index contributed by atoms with van der Waals surface area (Å²) in [6.07, 6.45) is 3.37. The summed E-state index contributed by atoms with van der Waals surface area (Å²) in [5, 5.41) is 1.02. The summed E-state index contributed by atoms with van der Waals surface area (Å²) in [6.45, 7) is 8.30. The Balaban J connectivity index is 1.58. The van der Waals surface area contributed by atoms with Crippen LogP contribution in [-0.4, -0.2) is 28.0 Å². The molecule has 5 heteroatoms.